The van der Waals surface area contributed by atoms with Gasteiger partial charge in [-0.1, -0.05) is 6.07 Å². The number of carbonyl (C=O) groups excluding carboxylic acids is 3. The summed E-state index contributed by atoms with van der Waals surface area (Å²) in [6.07, 6.45) is 0.432. The molecular formula is C20H22FN3O3S. The topological polar surface area (TPSA) is 69.7 Å². The largest absolute Gasteiger partial charge is 0.340 e. The number of hydrogen-bond acceptors (Lipinski definition) is 5. The van der Waals surface area contributed by atoms with Crippen LogP contribution in [0.4, 0.5) is 10.1 Å². The molecule has 2 amide bonds. The summed E-state index contributed by atoms with van der Waals surface area (Å²) < 4.78 is 12.9. The van der Waals surface area contributed by atoms with Crippen molar-refractivity contribution < 1.29 is 18.8 Å². The van der Waals surface area contributed by atoms with Crippen LogP contribution in [0, 0.1) is 5.82 Å². The van der Waals surface area contributed by atoms with Crippen LogP contribution in [0.2, 0.25) is 0 Å². The Morgan fingerprint density at radius 3 is 2.36 bits per heavy atom. The second kappa shape index (κ2) is 9.57. The zero-order valence-corrected chi connectivity index (χ0v) is 16.2. The van der Waals surface area contributed by atoms with Crippen LogP contribution in [0.25, 0.3) is 0 Å². The number of thiophene rings is 1. The third kappa shape index (κ3) is 5.71. The van der Waals surface area contributed by atoms with E-state index in [4.69, 9.17) is 0 Å². The van der Waals surface area contributed by atoms with Gasteiger partial charge in [0.25, 0.3) is 0 Å². The van der Waals surface area contributed by atoms with Crippen molar-refractivity contribution in [1.29, 1.82) is 0 Å². The molecule has 0 bridgehead atoms. The maximum absolute atomic E-state index is 12.9. The molecule has 6 nitrogen and oxygen atoms in total. The molecule has 1 aliphatic rings. The number of ketones is 1. The standard InChI is InChI=1S/C20H22FN3O3S/c21-15-3-5-16(6-4-15)22-19(26)14-23-9-11-24(12-10-23)20(27)8-7-17(25)18-2-1-13-28-18/h1-6,13H,7-12,14H2,(H,22,26). The molecule has 8 heteroatoms. The minimum Gasteiger partial charge on any atom is -0.340 e. The summed E-state index contributed by atoms with van der Waals surface area (Å²) in [7, 11) is 0. The van der Waals surface area contributed by atoms with E-state index in [9.17, 15) is 18.8 Å². The van der Waals surface area contributed by atoms with Crippen LogP contribution >= 0.6 is 11.3 Å². The minimum absolute atomic E-state index is 0.000509. The zero-order valence-electron chi connectivity index (χ0n) is 15.4. The van der Waals surface area contributed by atoms with Gasteiger partial charge in [-0.15, -0.1) is 11.3 Å². The summed E-state index contributed by atoms with van der Waals surface area (Å²) in [4.78, 5) is 40.8. The first-order valence-corrected chi connectivity index (χ1v) is 10.0. The normalized spacial score (nSPS) is 14.7. The molecule has 0 unspecified atom stereocenters. The first-order valence-electron chi connectivity index (χ1n) is 9.13. The van der Waals surface area contributed by atoms with E-state index >= 15 is 0 Å². The molecule has 1 aromatic carbocycles. The molecule has 1 aliphatic heterocycles. The number of benzene rings is 1. The van der Waals surface area contributed by atoms with E-state index in [2.05, 4.69) is 5.32 Å². The summed E-state index contributed by atoms with van der Waals surface area (Å²) in [5.41, 5.74) is 0.552. The molecule has 0 spiro atoms. The summed E-state index contributed by atoms with van der Waals surface area (Å²) in [6.45, 7) is 2.49. The fraction of sp³-hybridized carbons (Fsp3) is 0.350. The highest BCUT2D eigenvalue weighted by Gasteiger charge is 2.23. The molecule has 148 valence electrons. The van der Waals surface area contributed by atoms with E-state index in [0.717, 1.165) is 0 Å². The fourth-order valence-corrected chi connectivity index (χ4v) is 3.73. The zero-order chi connectivity index (χ0) is 19.9. The van der Waals surface area contributed by atoms with Gasteiger partial charge in [0.2, 0.25) is 11.8 Å². The van der Waals surface area contributed by atoms with Gasteiger partial charge in [-0.2, -0.15) is 0 Å². The van der Waals surface area contributed by atoms with Crippen molar-refractivity contribution in [2.75, 3.05) is 38.0 Å². The van der Waals surface area contributed by atoms with E-state index < -0.39 is 0 Å². The Kier molecular flexibility index (Phi) is 6.89. The van der Waals surface area contributed by atoms with Crippen LogP contribution in [0.15, 0.2) is 41.8 Å². The average Bonchev–Trinajstić information content (AvgIpc) is 3.23. The van der Waals surface area contributed by atoms with Crippen LogP contribution in [-0.2, 0) is 9.59 Å². The molecule has 0 radical (unpaired) electrons. The van der Waals surface area contributed by atoms with E-state index in [1.165, 1.54) is 35.6 Å². The van der Waals surface area contributed by atoms with Crippen molar-refractivity contribution in [2.24, 2.45) is 0 Å². The summed E-state index contributed by atoms with van der Waals surface area (Å²) >= 11 is 1.39. The molecule has 3 rings (SSSR count). The van der Waals surface area contributed by atoms with Crippen molar-refractivity contribution in [1.82, 2.24) is 9.80 Å². The van der Waals surface area contributed by atoms with E-state index in [1.54, 1.807) is 11.0 Å². The quantitative estimate of drug-likeness (QED) is 0.722. The number of rotatable bonds is 7. The third-order valence-electron chi connectivity index (χ3n) is 4.58. The molecule has 1 saturated heterocycles. The van der Waals surface area contributed by atoms with Crippen molar-refractivity contribution >= 4 is 34.6 Å². The van der Waals surface area contributed by atoms with Gasteiger partial charge in [0.1, 0.15) is 5.82 Å². The van der Waals surface area contributed by atoms with E-state index in [0.29, 0.717) is 36.7 Å². The Morgan fingerprint density at radius 1 is 1.00 bits per heavy atom. The predicted octanol–water partition coefficient (Wildman–Crippen LogP) is 2.63. The van der Waals surface area contributed by atoms with Gasteiger partial charge < -0.3 is 10.2 Å². The Balaban J connectivity index is 1.37. The maximum atomic E-state index is 12.9. The second-order valence-corrected chi connectivity index (χ2v) is 7.56. The summed E-state index contributed by atoms with van der Waals surface area (Å²) in [5, 5.41) is 4.58. The molecule has 1 N–H and O–H groups in total. The first kappa shape index (κ1) is 20.2. The first-order chi connectivity index (χ1) is 13.5. The fourth-order valence-electron chi connectivity index (χ4n) is 3.03. The number of halogens is 1. The molecule has 0 atom stereocenters. The molecule has 1 fully saturated rings. The lowest BCUT2D eigenvalue weighted by molar-refractivity contribution is -0.133. The maximum Gasteiger partial charge on any atom is 0.238 e. The van der Waals surface area contributed by atoms with Gasteiger partial charge in [-0.3, -0.25) is 19.3 Å². The lowest BCUT2D eigenvalue weighted by atomic mass is 10.1. The van der Waals surface area contributed by atoms with Gasteiger partial charge >= 0.3 is 0 Å². The molecule has 2 heterocycles. The monoisotopic (exact) mass is 403 g/mol. The van der Waals surface area contributed by atoms with Gasteiger partial charge in [0.15, 0.2) is 5.78 Å². The number of Topliss-reactive ketones (excluding diaryl/α,β-unsaturated/α-hetero) is 1. The van der Waals surface area contributed by atoms with Crippen LogP contribution < -0.4 is 5.32 Å². The molecular weight excluding hydrogens is 381 g/mol. The Hall–Kier alpha value is -2.58. The SMILES string of the molecule is O=C(CN1CCN(C(=O)CCC(=O)c2cccs2)CC1)Nc1ccc(F)cc1. The number of hydrogen-bond donors (Lipinski definition) is 1. The lowest BCUT2D eigenvalue weighted by Gasteiger charge is -2.34. The smallest absolute Gasteiger partial charge is 0.238 e. The highest BCUT2D eigenvalue weighted by atomic mass is 32.1. The molecule has 28 heavy (non-hydrogen) atoms. The average molecular weight is 403 g/mol. The molecule has 2 aromatic rings. The second-order valence-electron chi connectivity index (χ2n) is 6.61. The van der Waals surface area contributed by atoms with Crippen molar-refractivity contribution in [3.05, 3.63) is 52.5 Å². The summed E-state index contributed by atoms with van der Waals surface area (Å²) in [6, 6.07) is 9.22. The third-order valence-corrected chi connectivity index (χ3v) is 5.49. The minimum atomic E-state index is -0.351. The Bertz CT molecular complexity index is 816. The molecule has 0 saturated carbocycles. The molecule has 1 aromatic heterocycles. The van der Waals surface area contributed by atoms with Crippen molar-refractivity contribution in [3.63, 3.8) is 0 Å². The van der Waals surface area contributed by atoms with Gasteiger partial charge in [-0.25, -0.2) is 4.39 Å². The number of nitrogens with one attached hydrogen (secondary N) is 1. The predicted molar refractivity (Wildman–Crippen MR) is 106 cm³/mol. The Labute approximate surface area is 166 Å². The van der Waals surface area contributed by atoms with Gasteiger partial charge in [-0.05, 0) is 35.7 Å². The van der Waals surface area contributed by atoms with Crippen LogP contribution in [0.5, 0.6) is 0 Å². The number of nitrogens with zero attached hydrogens (tertiary/aromatic N) is 2. The van der Waals surface area contributed by atoms with E-state index in [1.807, 2.05) is 16.3 Å². The van der Waals surface area contributed by atoms with E-state index in [-0.39, 0.29) is 42.8 Å². The van der Waals surface area contributed by atoms with Crippen molar-refractivity contribution in [2.45, 2.75) is 12.8 Å². The van der Waals surface area contributed by atoms with Crippen LogP contribution in [-0.4, -0.2) is 60.1 Å². The van der Waals surface area contributed by atoms with Crippen molar-refractivity contribution in [3.8, 4) is 0 Å². The number of amides is 2. The number of piperazine rings is 1. The lowest BCUT2D eigenvalue weighted by Crippen LogP contribution is -2.50. The number of carbonyl (C=O) groups is 3. The Morgan fingerprint density at radius 2 is 1.71 bits per heavy atom. The van der Waals surface area contributed by atoms with Gasteiger partial charge in [0, 0.05) is 44.7 Å². The van der Waals surface area contributed by atoms with Gasteiger partial charge in [0.05, 0.1) is 11.4 Å². The highest BCUT2D eigenvalue weighted by Crippen LogP contribution is 2.14. The highest BCUT2D eigenvalue weighted by molar-refractivity contribution is 7.12. The number of anilines is 1. The molecule has 0 aliphatic carbocycles. The van der Waals surface area contributed by atoms with Crippen LogP contribution in [0.3, 0.4) is 0 Å². The summed E-state index contributed by atoms with van der Waals surface area (Å²) in [5.74, 6) is -0.552. The van der Waals surface area contributed by atoms with Crippen LogP contribution in [0.1, 0.15) is 22.5 Å².